The maximum absolute atomic E-state index is 12.2. The van der Waals surface area contributed by atoms with Gasteiger partial charge in [-0.25, -0.2) is 9.59 Å². The molecule has 0 bridgehead atoms. The summed E-state index contributed by atoms with van der Waals surface area (Å²) >= 11 is 0. The molecule has 0 aliphatic heterocycles. The monoisotopic (exact) mass is 336 g/mol. The lowest BCUT2D eigenvalue weighted by molar-refractivity contribution is -0.152. The summed E-state index contributed by atoms with van der Waals surface area (Å²) in [5.74, 6) is -2.12. The van der Waals surface area contributed by atoms with Crippen LogP contribution in [-0.4, -0.2) is 36.5 Å². The van der Waals surface area contributed by atoms with E-state index >= 15 is 0 Å². The van der Waals surface area contributed by atoms with Gasteiger partial charge in [-0.05, 0) is 32.0 Å². The Morgan fingerprint density at radius 1 is 1.00 bits per heavy atom. The van der Waals surface area contributed by atoms with Crippen LogP contribution >= 0.6 is 0 Å². The molecule has 130 valence electrons. The summed E-state index contributed by atoms with van der Waals surface area (Å²) in [6.45, 7) is 5.83. The van der Waals surface area contributed by atoms with Crippen LogP contribution in [0.2, 0.25) is 0 Å². The van der Waals surface area contributed by atoms with Gasteiger partial charge in [0.05, 0.1) is 12.2 Å². The molecule has 1 atom stereocenters. The predicted molar refractivity (Wildman–Crippen MR) is 86.6 cm³/mol. The highest BCUT2D eigenvalue weighted by Gasteiger charge is 2.20. The van der Waals surface area contributed by atoms with Gasteiger partial charge in [0.2, 0.25) is 11.8 Å². The molecule has 8 heteroatoms. The topological polar surface area (TPSA) is 111 Å². The third kappa shape index (κ3) is 6.07. The van der Waals surface area contributed by atoms with E-state index in [1.54, 1.807) is 6.92 Å². The van der Waals surface area contributed by atoms with E-state index in [1.807, 2.05) is 0 Å². The third-order valence-electron chi connectivity index (χ3n) is 2.71. The standard InChI is InChI=1S/C16H20N2O6/c1-5-23-15(21)9(2)24-16(22)12-6-13(17-10(3)19)8-14(7-12)18-11(4)20/h6-9H,5H2,1-4H3,(H,17,19)(H,18,20)/t9-/m0/s1. The molecule has 1 aromatic rings. The van der Waals surface area contributed by atoms with Crippen LogP contribution in [0.15, 0.2) is 18.2 Å². The minimum atomic E-state index is -1.08. The van der Waals surface area contributed by atoms with E-state index in [9.17, 15) is 19.2 Å². The number of esters is 2. The summed E-state index contributed by atoms with van der Waals surface area (Å²) in [4.78, 5) is 46.1. The Labute approximate surface area is 139 Å². The van der Waals surface area contributed by atoms with Gasteiger partial charge >= 0.3 is 11.9 Å². The maximum Gasteiger partial charge on any atom is 0.347 e. The van der Waals surface area contributed by atoms with Crippen LogP contribution in [-0.2, 0) is 23.9 Å². The zero-order valence-electron chi connectivity index (χ0n) is 14.0. The molecule has 0 saturated carbocycles. The van der Waals surface area contributed by atoms with Gasteiger partial charge < -0.3 is 20.1 Å². The molecule has 2 amide bonds. The predicted octanol–water partition coefficient (Wildman–Crippen LogP) is 1.71. The second kappa shape index (κ2) is 8.66. The number of nitrogens with one attached hydrogen (secondary N) is 2. The fourth-order valence-electron chi connectivity index (χ4n) is 1.83. The number of carbonyl (C=O) groups is 4. The molecular formula is C16H20N2O6. The molecule has 0 heterocycles. The first kappa shape index (κ1) is 19.1. The zero-order valence-corrected chi connectivity index (χ0v) is 14.0. The third-order valence-corrected chi connectivity index (χ3v) is 2.71. The SMILES string of the molecule is CCOC(=O)[C@H](C)OC(=O)c1cc(NC(C)=O)cc(NC(C)=O)c1. The van der Waals surface area contributed by atoms with Crippen molar-refractivity contribution in [2.75, 3.05) is 17.2 Å². The van der Waals surface area contributed by atoms with Crippen LogP contribution in [0.1, 0.15) is 38.1 Å². The lowest BCUT2D eigenvalue weighted by atomic mass is 10.1. The minimum absolute atomic E-state index is 0.0705. The number of hydrogen-bond acceptors (Lipinski definition) is 6. The van der Waals surface area contributed by atoms with Crippen LogP contribution < -0.4 is 10.6 Å². The summed E-state index contributed by atoms with van der Waals surface area (Å²) in [6, 6.07) is 4.26. The Morgan fingerprint density at radius 3 is 1.92 bits per heavy atom. The van der Waals surface area contributed by atoms with E-state index in [4.69, 9.17) is 9.47 Å². The van der Waals surface area contributed by atoms with Crippen molar-refractivity contribution in [3.05, 3.63) is 23.8 Å². The highest BCUT2D eigenvalue weighted by atomic mass is 16.6. The minimum Gasteiger partial charge on any atom is -0.463 e. The zero-order chi connectivity index (χ0) is 18.3. The molecule has 2 N–H and O–H groups in total. The number of hydrogen-bond donors (Lipinski definition) is 2. The molecule has 0 aliphatic carbocycles. The number of benzene rings is 1. The molecule has 8 nitrogen and oxygen atoms in total. The van der Waals surface area contributed by atoms with Crippen molar-refractivity contribution in [2.45, 2.75) is 33.8 Å². The van der Waals surface area contributed by atoms with Crippen molar-refractivity contribution < 1.29 is 28.7 Å². The van der Waals surface area contributed by atoms with Crippen LogP contribution in [0.4, 0.5) is 11.4 Å². The highest BCUT2D eigenvalue weighted by molar-refractivity contribution is 5.98. The van der Waals surface area contributed by atoms with Gasteiger partial charge in [-0.1, -0.05) is 0 Å². The Bertz CT molecular complexity index is 622. The van der Waals surface area contributed by atoms with E-state index in [0.717, 1.165) is 0 Å². The number of anilines is 2. The smallest absolute Gasteiger partial charge is 0.347 e. The van der Waals surface area contributed by atoms with Gasteiger partial charge in [0.25, 0.3) is 0 Å². The van der Waals surface area contributed by atoms with Crippen LogP contribution in [0.5, 0.6) is 0 Å². The van der Waals surface area contributed by atoms with Crippen molar-refractivity contribution in [3.8, 4) is 0 Å². The van der Waals surface area contributed by atoms with Crippen molar-refractivity contribution in [1.29, 1.82) is 0 Å². The molecule has 1 rings (SSSR count). The van der Waals surface area contributed by atoms with Gasteiger partial charge in [0, 0.05) is 25.2 Å². The first-order chi connectivity index (χ1) is 11.2. The van der Waals surface area contributed by atoms with Crippen molar-refractivity contribution in [1.82, 2.24) is 0 Å². The molecule has 0 aromatic heterocycles. The number of carbonyl (C=O) groups excluding carboxylic acids is 4. The van der Waals surface area contributed by atoms with Gasteiger partial charge in [-0.2, -0.15) is 0 Å². The average Bonchev–Trinajstić information content (AvgIpc) is 2.45. The van der Waals surface area contributed by atoms with Gasteiger partial charge in [-0.3, -0.25) is 9.59 Å². The van der Waals surface area contributed by atoms with E-state index in [-0.39, 0.29) is 24.0 Å². The van der Waals surface area contributed by atoms with Crippen molar-refractivity contribution in [2.24, 2.45) is 0 Å². The van der Waals surface area contributed by atoms with E-state index in [1.165, 1.54) is 39.0 Å². The maximum atomic E-state index is 12.2. The summed E-state index contributed by atoms with van der Waals surface area (Å²) in [6.07, 6.45) is -1.08. The van der Waals surface area contributed by atoms with E-state index in [0.29, 0.717) is 11.4 Å². The first-order valence-corrected chi connectivity index (χ1v) is 7.30. The quantitative estimate of drug-likeness (QED) is 0.765. The second-order valence-corrected chi connectivity index (χ2v) is 4.96. The van der Waals surface area contributed by atoms with Crippen LogP contribution in [0.3, 0.4) is 0 Å². The Balaban J connectivity index is 3.02. The summed E-state index contributed by atoms with van der Waals surface area (Å²) in [5.41, 5.74) is 0.690. The molecule has 24 heavy (non-hydrogen) atoms. The molecular weight excluding hydrogens is 316 g/mol. The van der Waals surface area contributed by atoms with Crippen molar-refractivity contribution >= 4 is 35.1 Å². The van der Waals surface area contributed by atoms with E-state index in [2.05, 4.69) is 10.6 Å². The summed E-state index contributed by atoms with van der Waals surface area (Å²) < 4.78 is 9.79. The first-order valence-electron chi connectivity index (χ1n) is 7.30. The summed E-state index contributed by atoms with van der Waals surface area (Å²) in [7, 11) is 0. The van der Waals surface area contributed by atoms with Crippen LogP contribution in [0.25, 0.3) is 0 Å². The second-order valence-electron chi connectivity index (χ2n) is 4.96. The van der Waals surface area contributed by atoms with Crippen molar-refractivity contribution in [3.63, 3.8) is 0 Å². The number of amides is 2. The Hall–Kier alpha value is -2.90. The fourth-order valence-corrected chi connectivity index (χ4v) is 1.83. The fraction of sp³-hybridized carbons (Fsp3) is 0.375. The molecule has 0 aliphatic rings. The lowest BCUT2D eigenvalue weighted by Crippen LogP contribution is -2.26. The normalized spacial score (nSPS) is 11.2. The molecule has 0 spiro atoms. The summed E-state index contributed by atoms with van der Waals surface area (Å²) in [5, 5.41) is 5.04. The van der Waals surface area contributed by atoms with E-state index < -0.39 is 18.0 Å². The molecule has 0 unspecified atom stereocenters. The highest BCUT2D eigenvalue weighted by Crippen LogP contribution is 2.20. The van der Waals surface area contributed by atoms with Gasteiger partial charge in [0.15, 0.2) is 6.10 Å². The number of rotatable bonds is 6. The van der Waals surface area contributed by atoms with Crippen LogP contribution in [0, 0.1) is 0 Å². The van der Waals surface area contributed by atoms with Gasteiger partial charge in [-0.15, -0.1) is 0 Å². The molecule has 0 fully saturated rings. The van der Waals surface area contributed by atoms with Gasteiger partial charge in [0.1, 0.15) is 0 Å². The Morgan fingerprint density at radius 2 is 1.50 bits per heavy atom. The largest absolute Gasteiger partial charge is 0.463 e. The average molecular weight is 336 g/mol. The molecule has 0 saturated heterocycles. The lowest BCUT2D eigenvalue weighted by Gasteiger charge is -2.14. The number of ether oxygens (including phenoxy) is 2. The Kier molecular flexibility index (Phi) is 6.91. The molecule has 1 aromatic carbocycles. The molecule has 0 radical (unpaired) electrons.